The molecule has 19 heavy (non-hydrogen) atoms. The smallest absolute Gasteiger partial charge is 0.229 e. The molecule has 0 radical (unpaired) electrons. The van der Waals surface area contributed by atoms with Crippen LogP contribution in [0.3, 0.4) is 0 Å². The third-order valence-electron chi connectivity index (χ3n) is 4.55. The normalized spacial score (nSPS) is 28.1. The van der Waals surface area contributed by atoms with Crippen LogP contribution in [0.25, 0.3) is 0 Å². The third-order valence-corrected chi connectivity index (χ3v) is 4.55. The highest BCUT2D eigenvalue weighted by Crippen LogP contribution is 2.31. The fraction of sp³-hybridized carbons (Fsp3) is 0.562. The Kier molecular flexibility index (Phi) is 4.59. The number of hydrogen-bond acceptors (Lipinski definition) is 2. The Morgan fingerprint density at radius 3 is 2.53 bits per heavy atom. The molecule has 0 aliphatic heterocycles. The number of nitrogens with one attached hydrogen (secondary N) is 1. The van der Waals surface area contributed by atoms with Crippen molar-refractivity contribution in [1.29, 1.82) is 0 Å². The second-order valence-electron chi connectivity index (χ2n) is 5.73. The van der Waals surface area contributed by atoms with Crippen LogP contribution in [0.15, 0.2) is 30.3 Å². The van der Waals surface area contributed by atoms with Gasteiger partial charge in [0.1, 0.15) is 0 Å². The molecule has 0 saturated heterocycles. The molecule has 3 nitrogen and oxygen atoms in total. The van der Waals surface area contributed by atoms with Gasteiger partial charge in [0.05, 0.1) is 5.92 Å². The first-order valence-electron chi connectivity index (χ1n) is 7.19. The standard InChI is InChI=1S/C16H24N2O/c1-11-8-9-15(12(11)2)18-16(19)14(10-17)13-6-4-3-5-7-13/h3-7,11-12,14-15H,8-10,17H2,1-2H3,(H,18,19). The molecule has 4 atom stereocenters. The maximum absolute atomic E-state index is 12.4. The summed E-state index contributed by atoms with van der Waals surface area (Å²) in [5.41, 5.74) is 6.78. The average Bonchev–Trinajstić information content (AvgIpc) is 2.73. The summed E-state index contributed by atoms with van der Waals surface area (Å²) in [5, 5.41) is 3.19. The van der Waals surface area contributed by atoms with Gasteiger partial charge in [-0.2, -0.15) is 0 Å². The summed E-state index contributed by atoms with van der Waals surface area (Å²) in [5.74, 6) is 1.08. The molecule has 104 valence electrons. The number of rotatable bonds is 4. The van der Waals surface area contributed by atoms with Gasteiger partial charge in [0.25, 0.3) is 0 Å². The number of carbonyl (C=O) groups excluding carboxylic acids is 1. The molecular weight excluding hydrogens is 236 g/mol. The molecule has 0 bridgehead atoms. The van der Waals surface area contributed by atoms with E-state index < -0.39 is 0 Å². The Morgan fingerprint density at radius 1 is 1.32 bits per heavy atom. The minimum atomic E-state index is -0.232. The van der Waals surface area contributed by atoms with E-state index in [1.165, 1.54) is 6.42 Å². The lowest BCUT2D eigenvalue weighted by Crippen LogP contribution is -2.41. The first-order chi connectivity index (χ1) is 9.13. The minimum absolute atomic E-state index is 0.0691. The Bertz CT molecular complexity index is 418. The van der Waals surface area contributed by atoms with Crippen molar-refractivity contribution in [3.63, 3.8) is 0 Å². The molecule has 1 aliphatic carbocycles. The molecule has 0 aromatic heterocycles. The lowest BCUT2D eigenvalue weighted by molar-refractivity contribution is -0.123. The second-order valence-corrected chi connectivity index (χ2v) is 5.73. The SMILES string of the molecule is CC1CCC(NC(=O)C(CN)c2ccccc2)C1C. The summed E-state index contributed by atoms with van der Waals surface area (Å²) >= 11 is 0. The van der Waals surface area contributed by atoms with E-state index in [0.717, 1.165) is 12.0 Å². The number of benzene rings is 1. The van der Waals surface area contributed by atoms with Crippen molar-refractivity contribution in [1.82, 2.24) is 5.32 Å². The molecule has 3 heteroatoms. The van der Waals surface area contributed by atoms with Gasteiger partial charge in [-0.15, -0.1) is 0 Å². The molecule has 3 N–H and O–H groups in total. The second kappa shape index (κ2) is 6.20. The average molecular weight is 260 g/mol. The van der Waals surface area contributed by atoms with E-state index in [4.69, 9.17) is 5.73 Å². The molecule has 4 unspecified atom stereocenters. The zero-order valence-electron chi connectivity index (χ0n) is 11.8. The van der Waals surface area contributed by atoms with Crippen LogP contribution in [0.4, 0.5) is 0 Å². The summed E-state index contributed by atoms with van der Waals surface area (Å²) in [6.07, 6.45) is 2.28. The Morgan fingerprint density at radius 2 is 2.00 bits per heavy atom. The van der Waals surface area contributed by atoms with Gasteiger partial charge in [-0.05, 0) is 30.2 Å². The Hall–Kier alpha value is -1.35. The molecule has 2 rings (SSSR count). The van der Waals surface area contributed by atoms with Crippen LogP contribution >= 0.6 is 0 Å². The van der Waals surface area contributed by atoms with Crippen molar-refractivity contribution in [2.75, 3.05) is 6.54 Å². The summed E-state index contributed by atoms with van der Waals surface area (Å²) in [6.45, 7) is 4.84. The van der Waals surface area contributed by atoms with Crippen LogP contribution in [0.1, 0.15) is 38.2 Å². The molecule has 0 heterocycles. The molecule has 1 aromatic carbocycles. The van der Waals surface area contributed by atoms with Crippen molar-refractivity contribution in [2.45, 2.75) is 38.6 Å². The largest absolute Gasteiger partial charge is 0.353 e. The summed E-state index contributed by atoms with van der Waals surface area (Å²) in [7, 11) is 0. The van der Waals surface area contributed by atoms with Gasteiger partial charge in [0.2, 0.25) is 5.91 Å². The molecular formula is C16H24N2O. The highest BCUT2D eigenvalue weighted by Gasteiger charge is 2.32. The number of amides is 1. The molecule has 1 aromatic rings. The van der Waals surface area contributed by atoms with Crippen LogP contribution in [-0.2, 0) is 4.79 Å². The molecule has 1 amide bonds. The van der Waals surface area contributed by atoms with E-state index in [2.05, 4.69) is 19.2 Å². The van der Waals surface area contributed by atoms with Gasteiger partial charge in [-0.25, -0.2) is 0 Å². The Balaban J connectivity index is 2.02. The number of nitrogens with two attached hydrogens (primary N) is 1. The number of carbonyl (C=O) groups is 1. The quantitative estimate of drug-likeness (QED) is 0.872. The van der Waals surface area contributed by atoms with Gasteiger partial charge in [-0.3, -0.25) is 4.79 Å². The van der Waals surface area contributed by atoms with E-state index in [-0.39, 0.29) is 11.8 Å². The molecule has 1 aliphatic rings. The zero-order chi connectivity index (χ0) is 13.8. The highest BCUT2D eigenvalue weighted by molar-refractivity contribution is 5.84. The topological polar surface area (TPSA) is 55.1 Å². The van der Waals surface area contributed by atoms with Gasteiger partial charge in [0.15, 0.2) is 0 Å². The maximum atomic E-state index is 12.4. The van der Waals surface area contributed by atoms with E-state index in [1.54, 1.807) is 0 Å². The van der Waals surface area contributed by atoms with Crippen molar-refractivity contribution in [3.05, 3.63) is 35.9 Å². The molecule has 0 spiro atoms. The Labute approximate surface area is 115 Å². The van der Waals surface area contributed by atoms with Gasteiger partial charge < -0.3 is 11.1 Å². The van der Waals surface area contributed by atoms with Crippen molar-refractivity contribution >= 4 is 5.91 Å². The van der Waals surface area contributed by atoms with Crippen LogP contribution in [0, 0.1) is 11.8 Å². The summed E-state index contributed by atoms with van der Waals surface area (Å²) in [4.78, 5) is 12.4. The minimum Gasteiger partial charge on any atom is -0.353 e. The predicted molar refractivity (Wildman–Crippen MR) is 77.7 cm³/mol. The fourth-order valence-electron chi connectivity index (χ4n) is 2.93. The van der Waals surface area contributed by atoms with Crippen LogP contribution < -0.4 is 11.1 Å². The van der Waals surface area contributed by atoms with Gasteiger partial charge in [0, 0.05) is 12.6 Å². The molecule has 1 saturated carbocycles. The first-order valence-corrected chi connectivity index (χ1v) is 7.19. The lowest BCUT2D eigenvalue weighted by Gasteiger charge is -2.23. The van der Waals surface area contributed by atoms with E-state index in [1.807, 2.05) is 30.3 Å². The highest BCUT2D eigenvalue weighted by atomic mass is 16.2. The zero-order valence-corrected chi connectivity index (χ0v) is 11.8. The first kappa shape index (κ1) is 14.1. The van der Waals surface area contributed by atoms with Crippen molar-refractivity contribution in [3.8, 4) is 0 Å². The summed E-state index contributed by atoms with van der Waals surface area (Å²) < 4.78 is 0. The van der Waals surface area contributed by atoms with Gasteiger partial charge in [-0.1, -0.05) is 44.2 Å². The van der Waals surface area contributed by atoms with Crippen molar-refractivity contribution < 1.29 is 4.79 Å². The van der Waals surface area contributed by atoms with Crippen LogP contribution in [0.5, 0.6) is 0 Å². The third kappa shape index (κ3) is 3.16. The van der Waals surface area contributed by atoms with Crippen LogP contribution in [-0.4, -0.2) is 18.5 Å². The number of hydrogen-bond donors (Lipinski definition) is 2. The van der Waals surface area contributed by atoms with Crippen LogP contribution in [0.2, 0.25) is 0 Å². The molecule has 1 fully saturated rings. The van der Waals surface area contributed by atoms with Gasteiger partial charge >= 0.3 is 0 Å². The van der Waals surface area contributed by atoms with E-state index in [0.29, 0.717) is 24.4 Å². The van der Waals surface area contributed by atoms with Crippen molar-refractivity contribution in [2.24, 2.45) is 17.6 Å². The van der Waals surface area contributed by atoms with E-state index >= 15 is 0 Å². The maximum Gasteiger partial charge on any atom is 0.229 e. The lowest BCUT2D eigenvalue weighted by atomic mass is 9.95. The fourth-order valence-corrected chi connectivity index (χ4v) is 2.93. The monoisotopic (exact) mass is 260 g/mol. The summed E-state index contributed by atoms with van der Waals surface area (Å²) in [6, 6.07) is 10.1. The predicted octanol–water partition coefficient (Wildman–Crippen LogP) is 2.28. The van der Waals surface area contributed by atoms with E-state index in [9.17, 15) is 4.79 Å².